The van der Waals surface area contributed by atoms with E-state index in [-0.39, 0.29) is 33.3 Å². The van der Waals surface area contributed by atoms with Gasteiger partial charge in [0.05, 0.1) is 41.0 Å². The van der Waals surface area contributed by atoms with Crippen molar-refractivity contribution in [2.24, 2.45) is 0 Å². The molecule has 3 aromatic rings. The number of methoxy groups -OCH3 is 2. The number of hydrogen-bond donors (Lipinski definition) is 2. The topological polar surface area (TPSA) is 163 Å². The number of non-ortho nitro benzene ring substituents is 1. The zero-order chi connectivity index (χ0) is 28.0. The van der Waals surface area contributed by atoms with Crippen molar-refractivity contribution in [2.75, 3.05) is 24.3 Å². The fraction of sp³-hybridized carbons (Fsp3) is 0.200. The largest absolute Gasteiger partial charge is 0.495 e. The van der Waals surface area contributed by atoms with Gasteiger partial charge < -0.3 is 19.5 Å². The quantitative estimate of drug-likeness (QED) is 0.219. The van der Waals surface area contributed by atoms with E-state index in [0.29, 0.717) is 11.3 Å². The number of sulfonamides is 1. The van der Waals surface area contributed by atoms with Gasteiger partial charge >= 0.3 is 5.97 Å². The van der Waals surface area contributed by atoms with E-state index in [4.69, 9.17) is 14.2 Å². The maximum absolute atomic E-state index is 13.0. The summed E-state index contributed by atoms with van der Waals surface area (Å²) in [6, 6.07) is 14.0. The lowest BCUT2D eigenvalue weighted by Crippen LogP contribution is -2.30. The molecule has 0 aliphatic heterocycles. The number of carbonyl (C=O) groups is 2. The average molecular weight is 544 g/mol. The minimum absolute atomic E-state index is 0.0151. The first kappa shape index (κ1) is 27.9. The number of ether oxygens (including phenoxy) is 3. The van der Waals surface area contributed by atoms with Gasteiger partial charge in [0.25, 0.3) is 21.6 Å². The highest BCUT2D eigenvalue weighted by molar-refractivity contribution is 7.92. The fourth-order valence-corrected chi connectivity index (χ4v) is 4.44. The summed E-state index contributed by atoms with van der Waals surface area (Å²) in [5.74, 6) is -1.25. The molecule has 1 amide bonds. The first-order valence-corrected chi connectivity index (χ1v) is 12.6. The monoisotopic (exact) mass is 543 g/mol. The third-order valence-corrected chi connectivity index (χ3v) is 6.76. The second-order valence-corrected chi connectivity index (χ2v) is 9.64. The van der Waals surface area contributed by atoms with Crippen LogP contribution >= 0.6 is 0 Å². The first-order valence-electron chi connectivity index (χ1n) is 11.1. The molecule has 3 aromatic carbocycles. The van der Waals surface area contributed by atoms with Gasteiger partial charge in [-0.3, -0.25) is 19.6 Å². The van der Waals surface area contributed by atoms with Gasteiger partial charge in [0.15, 0.2) is 6.10 Å². The van der Waals surface area contributed by atoms with Gasteiger partial charge in [-0.15, -0.1) is 0 Å². The molecule has 0 aliphatic rings. The molecule has 38 heavy (non-hydrogen) atoms. The summed E-state index contributed by atoms with van der Waals surface area (Å²) in [4.78, 5) is 35.8. The van der Waals surface area contributed by atoms with Crippen molar-refractivity contribution in [3.8, 4) is 11.5 Å². The highest BCUT2D eigenvalue weighted by atomic mass is 32.2. The number of nitro benzene ring substituents is 1. The number of rotatable bonds is 10. The van der Waals surface area contributed by atoms with Crippen molar-refractivity contribution in [3.05, 3.63) is 81.9 Å². The summed E-state index contributed by atoms with van der Waals surface area (Å²) < 4.78 is 43.9. The normalized spacial score (nSPS) is 11.7. The third-order valence-electron chi connectivity index (χ3n) is 5.40. The van der Waals surface area contributed by atoms with Crippen LogP contribution in [-0.4, -0.2) is 45.5 Å². The molecule has 3 rings (SSSR count). The van der Waals surface area contributed by atoms with E-state index in [0.717, 1.165) is 12.1 Å². The van der Waals surface area contributed by atoms with Gasteiger partial charge in [-0.2, -0.15) is 0 Å². The minimum atomic E-state index is -4.11. The molecular weight excluding hydrogens is 518 g/mol. The van der Waals surface area contributed by atoms with Crippen LogP contribution in [0.1, 0.15) is 22.8 Å². The second kappa shape index (κ2) is 11.6. The van der Waals surface area contributed by atoms with Crippen LogP contribution in [0.15, 0.2) is 65.6 Å². The van der Waals surface area contributed by atoms with Gasteiger partial charge in [0, 0.05) is 12.1 Å². The lowest BCUT2D eigenvalue weighted by molar-refractivity contribution is -0.384. The highest BCUT2D eigenvalue weighted by Gasteiger charge is 2.24. The number of aryl methyl sites for hydroxylation is 1. The number of anilines is 2. The lowest BCUT2D eigenvalue weighted by atomic mass is 10.1. The number of nitro groups is 1. The Balaban J connectivity index is 1.78. The summed E-state index contributed by atoms with van der Waals surface area (Å²) in [6.07, 6.45) is -1.34. The number of benzene rings is 3. The zero-order valence-electron chi connectivity index (χ0n) is 20.9. The molecule has 0 aliphatic carbocycles. The van der Waals surface area contributed by atoms with Gasteiger partial charge in [0.2, 0.25) is 0 Å². The van der Waals surface area contributed by atoms with Gasteiger partial charge in [-0.1, -0.05) is 18.2 Å². The molecule has 0 radical (unpaired) electrons. The molecule has 0 bridgehead atoms. The smallest absolute Gasteiger partial charge is 0.339 e. The number of amides is 1. The Hall–Kier alpha value is -4.65. The van der Waals surface area contributed by atoms with Crippen LogP contribution in [0.3, 0.4) is 0 Å². The van der Waals surface area contributed by atoms with Gasteiger partial charge in [-0.05, 0) is 49.7 Å². The molecule has 13 heteroatoms. The Morgan fingerprint density at radius 3 is 2.26 bits per heavy atom. The molecule has 12 nitrogen and oxygen atoms in total. The molecule has 0 fully saturated rings. The molecule has 1 atom stereocenters. The summed E-state index contributed by atoms with van der Waals surface area (Å²) in [5, 5.41) is 13.5. The summed E-state index contributed by atoms with van der Waals surface area (Å²) in [5.41, 5.74) is 0.295. The summed E-state index contributed by atoms with van der Waals surface area (Å²) in [6.45, 7) is 2.88. The predicted octanol–water partition coefficient (Wildman–Crippen LogP) is 3.91. The Kier molecular flexibility index (Phi) is 8.53. The van der Waals surface area contributed by atoms with Crippen LogP contribution in [0.25, 0.3) is 0 Å². The molecule has 200 valence electrons. The summed E-state index contributed by atoms with van der Waals surface area (Å²) in [7, 11) is -1.38. The molecule has 0 saturated heterocycles. The van der Waals surface area contributed by atoms with Crippen LogP contribution < -0.4 is 19.5 Å². The molecule has 2 N–H and O–H groups in total. The summed E-state index contributed by atoms with van der Waals surface area (Å²) >= 11 is 0. The zero-order valence-corrected chi connectivity index (χ0v) is 21.7. The standard InChI is InChI=1S/C25H25N3O9S/c1-15-9-11-18(38(33,34)27-20-7-5-6-8-22(20)35-3)14-19(15)25(30)37-16(2)24(29)26-21-13-17(28(31)32)10-12-23(21)36-4/h5-14,16,27H,1-4H3,(H,26,29)/t16-/m1/s1. The molecule has 0 spiro atoms. The number of nitrogens with one attached hydrogen (secondary N) is 2. The van der Waals surface area contributed by atoms with Gasteiger partial charge in [-0.25, -0.2) is 13.2 Å². The minimum Gasteiger partial charge on any atom is -0.495 e. The molecule has 0 saturated carbocycles. The molecule has 0 heterocycles. The van der Waals surface area contributed by atoms with E-state index < -0.39 is 32.9 Å². The van der Waals surface area contributed by atoms with Crippen molar-refractivity contribution in [2.45, 2.75) is 24.8 Å². The van der Waals surface area contributed by atoms with E-state index in [2.05, 4.69) is 10.0 Å². The van der Waals surface area contributed by atoms with Crippen LogP contribution in [0.2, 0.25) is 0 Å². The van der Waals surface area contributed by atoms with Gasteiger partial charge in [0.1, 0.15) is 11.5 Å². The SMILES string of the molecule is COc1ccc([N+](=O)[O-])cc1NC(=O)[C@@H](C)OC(=O)c1cc(S(=O)(=O)Nc2ccccc2OC)ccc1C. The molecule has 0 aromatic heterocycles. The maximum Gasteiger partial charge on any atom is 0.339 e. The number of carbonyl (C=O) groups excluding carboxylic acids is 2. The lowest BCUT2D eigenvalue weighted by Gasteiger charge is -2.16. The van der Waals surface area contributed by atoms with Crippen molar-refractivity contribution in [1.29, 1.82) is 0 Å². The van der Waals surface area contributed by atoms with Crippen molar-refractivity contribution < 1.29 is 37.1 Å². The van der Waals surface area contributed by atoms with Crippen molar-refractivity contribution >= 4 is 39.0 Å². The first-order chi connectivity index (χ1) is 18.0. The Bertz CT molecular complexity index is 1490. The van der Waals surface area contributed by atoms with Crippen molar-refractivity contribution in [3.63, 3.8) is 0 Å². The van der Waals surface area contributed by atoms with E-state index in [1.54, 1.807) is 25.1 Å². The van der Waals surface area contributed by atoms with Crippen LogP contribution in [-0.2, 0) is 19.6 Å². The van der Waals surface area contributed by atoms with Crippen LogP contribution in [0, 0.1) is 17.0 Å². The van der Waals surface area contributed by atoms with E-state index >= 15 is 0 Å². The van der Waals surface area contributed by atoms with Crippen LogP contribution in [0.4, 0.5) is 17.1 Å². The average Bonchev–Trinajstić information content (AvgIpc) is 2.88. The Morgan fingerprint density at radius 2 is 1.61 bits per heavy atom. The predicted molar refractivity (Wildman–Crippen MR) is 138 cm³/mol. The van der Waals surface area contributed by atoms with Crippen LogP contribution in [0.5, 0.6) is 11.5 Å². The number of hydrogen-bond acceptors (Lipinski definition) is 9. The number of nitrogens with zero attached hydrogens (tertiary/aromatic N) is 1. The molecular formula is C25H25N3O9S. The fourth-order valence-electron chi connectivity index (χ4n) is 3.34. The number of esters is 1. The third kappa shape index (κ3) is 6.37. The van der Waals surface area contributed by atoms with E-state index in [1.165, 1.54) is 51.5 Å². The highest BCUT2D eigenvalue weighted by Crippen LogP contribution is 2.30. The van der Waals surface area contributed by atoms with Crippen molar-refractivity contribution in [1.82, 2.24) is 0 Å². The Morgan fingerprint density at radius 1 is 0.947 bits per heavy atom. The Labute approximate surface area is 218 Å². The second-order valence-electron chi connectivity index (χ2n) is 7.96. The van der Waals surface area contributed by atoms with E-state index in [9.17, 15) is 28.1 Å². The molecule has 0 unspecified atom stereocenters. The maximum atomic E-state index is 13.0. The number of para-hydroxylation sites is 2. The van der Waals surface area contributed by atoms with E-state index in [1.807, 2.05) is 0 Å².